The molecule has 124 valence electrons. The molecular weight excluding hydrogens is 373 g/mol. The summed E-state index contributed by atoms with van der Waals surface area (Å²) in [5.41, 5.74) is 0. The van der Waals surface area contributed by atoms with Crippen molar-refractivity contribution in [3.63, 3.8) is 0 Å². The van der Waals surface area contributed by atoms with E-state index >= 15 is 0 Å². The first kappa shape index (κ1) is 43.7. The van der Waals surface area contributed by atoms with Gasteiger partial charge in [0.2, 0.25) is 0 Å². The van der Waals surface area contributed by atoms with Crippen LogP contribution in [-0.4, -0.2) is 99.3 Å². The van der Waals surface area contributed by atoms with E-state index in [2.05, 4.69) is 27.9 Å². The Hall–Kier alpha value is 1.48. The van der Waals surface area contributed by atoms with Crippen LogP contribution in [0.25, 0.3) is 0 Å². The summed E-state index contributed by atoms with van der Waals surface area (Å²) in [5, 5.41) is 29.5. The van der Waals surface area contributed by atoms with E-state index in [0.29, 0.717) is 0 Å². The predicted molar refractivity (Wildman–Crippen MR) is 85.3 cm³/mol. The average Bonchev–Trinajstić information content (AvgIpc) is 2.45. The third kappa shape index (κ3) is 49.6. The largest absolute Gasteiger partial charge is 3.00 e. The molecule has 0 bridgehead atoms. The molecule has 0 unspecified atom stereocenters. The summed E-state index contributed by atoms with van der Waals surface area (Å²) in [6, 6.07) is 0. The van der Waals surface area contributed by atoms with Gasteiger partial charge in [0, 0.05) is 42.7 Å². The van der Waals surface area contributed by atoms with E-state index in [1.54, 1.807) is 0 Å². The van der Waals surface area contributed by atoms with Gasteiger partial charge in [-0.1, -0.05) is 0 Å². The van der Waals surface area contributed by atoms with Crippen molar-refractivity contribution in [1.29, 1.82) is 0 Å². The molecule has 0 fully saturated rings. The summed E-state index contributed by atoms with van der Waals surface area (Å²) < 4.78 is 24.7. The molecule has 0 spiro atoms. The predicted octanol–water partition coefficient (Wildman–Crippen LogP) is -4.04. The summed E-state index contributed by atoms with van der Waals surface area (Å²) in [6.07, 6.45) is 0. The normalized spacial score (nSPS) is 6.95. The molecule has 0 rings (SSSR count). The van der Waals surface area contributed by atoms with Gasteiger partial charge in [0.25, 0.3) is 0 Å². The van der Waals surface area contributed by atoms with Crippen molar-refractivity contribution < 1.29 is 43.0 Å². The van der Waals surface area contributed by atoms with E-state index in [-0.39, 0.29) is 59.5 Å². The molecule has 0 aliphatic carbocycles. The first-order chi connectivity index (χ1) is 8.42. The quantitative estimate of drug-likeness (QED) is 0.415. The zero-order valence-corrected chi connectivity index (χ0v) is 17.3. The van der Waals surface area contributed by atoms with E-state index in [9.17, 15) is 15.1 Å². The van der Waals surface area contributed by atoms with Gasteiger partial charge < -0.3 is 43.0 Å². The Morgan fingerprint density at radius 1 is 0.455 bits per heavy atom. The first-order valence-electron chi connectivity index (χ1n) is 4.57. The Bertz CT molecular complexity index is 127. The summed E-state index contributed by atoms with van der Waals surface area (Å²) >= 11 is 0. The minimum Gasteiger partial charge on any atom is -0.832 e. The molecule has 0 aromatic carbocycles. The zero-order valence-electron chi connectivity index (χ0n) is 13.4. The SMILES string of the molecule is COB([O-])OC.COB([O-])OC.COB([O-])OC.Cl.Cl.[Al+3].[Al+3]. The maximum atomic E-state index is 9.82. The van der Waals surface area contributed by atoms with Crippen LogP contribution in [0.4, 0.5) is 0 Å². The summed E-state index contributed by atoms with van der Waals surface area (Å²) in [7, 11) is 3.81. The molecule has 22 heavy (non-hydrogen) atoms. The van der Waals surface area contributed by atoms with Crippen molar-refractivity contribution in [2.75, 3.05) is 42.7 Å². The third-order valence-electron chi connectivity index (χ3n) is 1.15. The molecule has 0 aromatic heterocycles. The van der Waals surface area contributed by atoms with Crippen LogP contribution in [0.2, 0.25) is 0 Å². The minimum atomic E-state index is -1.31. The van der Waals surface area contributed by atoms with Gasteiger partial charge in [-0.3, -0.25) is 0 Å². The maximum absolute atomic E-state index is 9.82. The van der Waals surface area contributed by atoms with Gasteiger partial charge in [0.1, 0.15) is 0 Å². The maximum Gasteiger partial charge on any atom is 3.00 e. The fourth-order valence-corrected chi connectivity index (χ4v) is 0.289. The van der Waals surface area contributed by atoms with Gasteiger partial charge in [-0.2, -0.15) is 0 Å². The molecule has 0 amide bonds. The fraction of sp³-hybridized carbons (Fsp3) is 1.00. The monoisotopic (exact) mass is 393 g/mol. The van der Waals surface area contributed by atoms with Crippen molar-refractivity contribution in [2.45, 2.75) is 0 Å². The molecular formula is C6H20Al2B3Cl2O9+3. The second-order valence-corrected chi connectivity index (χ2v) is 2.28. The number of hydrogen-bond acceptors (Lipinski definition) is 9. The summed E-state index contributed by atoms with van der Waals surface area (Å²) in [5.74, 6) is 0. The van der Waals surface area contributed by atoms with Crippen LogP contribution in [0, 0.1) is 0 Å². The number of rotatable bonds is 6. The summed E-state index contributed by atoms with van der Waals surface area (Å²) in [6.45, 7) is 0. The number of halogens is 2. The molecule has 0 radical (unpaired) electrons. The summed E-state index contributed by atoms with van der Waals surface area (Å²) in [4.78, 5) is 0. The van der Waals surface area contributed by atoms with E-state index in [1.807, 2.05) is 0 Å². The van der Waals surface area contributed by atoms with Gasteiger partial charge in [-0.25, -0.2) is 0 Å². The fourth-order valence-electron chi connectivity index (χ4n) is 0.289. The van der Waals surface area contributed by atoms with Gasteiger partial charge in [-0.05, 0) is 0 Å². The Kier molecular flexibility index (Phi) is 75.8. The van der Waals surface area contributed by atoms with Crippen LogP contribution in [0.1, 0.15) is 0 Å². The standard InChI is InChI=1S/3C2H6BO3.2Al.2ClH/c3*1-5-3(4)6-2;;;;/h3*1-2H3;;;2*1H/q3*-1;2*+3;;. The second-order valence-electron chi connectivity index (χ2n) is 2.28. The van der Waals surface area contributed by atoms with Crippen LogP contribution in [0.5, 0.6) is 0 Å². The van der Waals surface area contributed by atoms with Gasteiger partial charge in [-0.15, -0.1) is 24.8 Å². The molecule has 0 saturated carbocycles. The second kappa shape index (κ2) is 38.2. The van der Waals surface area contributed by atoms with Crippen molar-refractivity contribution in [3.05, 3.63) is 0 Å². The molecule has 0 aromatic rings. The van der Waals surface area contributed by atoms with Crippen LogP contribution in [0.15, 0.2) is 0 Å². The third-order valence-corrected chi connectivity index (χ3v) is 1.15. The minimum absolute atomic E-state index is 0. The molecule has 16 heteroatoms. The average molecular weight is 394 g/mol. The Morgan fingerprint density at radius 2 is 0.545 bits per heavy atom. The molecule has 0 aliphatic heterocycles. The van der Waals surface area contributed by atoms with Crippen molar-refractivity contribution in [3.8, 4) is 0 Å². The van der Waals surface area contributed by atoms with E-state index in [0.717, 1.165) is 0 Å². The zero-order chi connectivity index (χ0) is 15.0. The molecule has 0 saturated heterocycles. The smallest absolute Gasteiger partial charge is 0.832 e. The van der Waals surface area contributed by atoms with Crippen LogP contribution in [0.3, 0.4) is 0 Å². The topological polar surface area (TPSA) is 125 Å². The van der Waals surface area contributed by atoms with Crippen molar-refractivity contribution in [2.24, 2.45) is 0 Å². The molecule has 0 atom stereocenters. The van der Waals surface area contributed by atoms with Crippen molar-refractivity contribution in [1.82, 2.24) is 0 Å². The van der Waals surface area contributed by atoms with Crippen LogP contribution < -0.4 is 15.1 Å². The van der Waals surface area contributed by atoms with E-state index < -0.39 is 22.0 Å². The van der Waals surface area contributed by atoms with E-state index in [4.69, 9.17) is 0 Å². The molecule has 0 heterocycles. The Morgan fingerprint density at radius 3 is 0.545 bits per heavy atom. The Labute approximate surface area is 166 Å². The molecule has 0 aliphatic rings. The first-order valence-corrected chi connectivity index (χ1v) is 4.57. The van der Waals surface area contributed by atoms with Crippen LogP contribution in [-0.2, 0) is 27.9 Å². The van der Waals surface area contributed by atoms with Crippen LogP contribution >= 0.6 is 24.8 Å². The Balaban J connectivity index is -0.0000000281. The van der Waals surface area contributed by atoms with Gasteiger partial charge in [0.05, 0.1) is 0 Å². The number of hydrogen-bond donors (Lipinski definition) is 0. The van der Waals surface area contributed by atoms with Gasteiger partial charge >= 0.3 is 56.7 Å². The molecule has 0 N–H and O–H groups in total. The van der Waals surface area contributed by atoms with E-state index in [1.165, 1.54) is 42.7 Å². The van der Waals surface area contributed by atoms with Crippen molar-refractivity contribution >= 4 is 81.5 Å². The molecule has 9 nitrogen and oxygen atoms in total. The van der Waals surface area contributed by atoms with Gasteiger partial charge in [0.15, 0.2) is 0 Å².